The van der Waals surface area contributed by atoms with Gasteiger partial charge in [-0.05, 0) is 30.5 Å². The van der Waals surface area contributed by atoms with Crippen molar-refractivity contribution in [1.82, 2.24) is 25.1 Å². The molecule has 0 aliphatic carbocycles. The van der Waals surface area contributed by atoms with Crippen LogP contribution in [0, 0.1) is 6.92 Å². The fraction of sp³-hybridized carbons (Fsp3) is 0.222. The van der Waals surface area contributed by atoms with Gasteiger partial charge in [-0.1, -0.05) is 29.5 Å². The average Bonchev–Trinajstić information content (AvgIpc) is 3.20. The Balaban J connectivity index is 1.48. The van der Waals surface area contributed by atoms with E-state index in [9.17, 15) is 18.0 Å². The Morgan fingerprint density at radius 1 is 1.10 bits per heavy atom. The van der Waals surface area contributed by atoms with Crippen LogP contribution in [0.15, 0.2) is 52.0 Å². The van der Waals surface area contributed by atoms with Gasteiger partial charge in [0.2, 0.25) is 15.9 Å². The molecule has 2 N–H and O–H groups in total. The van der Waals surface area contributed by atoms with E-state index in [1.807, 2.05) is 18.4 Å². The van der Waals surface area contributed by atoms with E-state index in [1.54, 1.807) is 12.1 Å². The van der Waals surface area contributed by atoms with E-state index in [0.717, 1.165) is 20.1 Å². The number of benzene rings is 1. The molecule has 0 aliphatic rings. The van der Waals surface area contributed by atoms with Crippen LogP contribution < -0.4 is 10.9 Å². The summed E-state index contributed by atoms with van der Waals surface area (Å²) in [5, 5.41) is 3.43. The standard InChI is InChI=1S/C18H19N5O4S3/c1-12-3-5-13(6-4-12)30(26,27)23(2)9-15(24)21-22-16(25)10-29-18-14-7-8-28-17(14)19-11-20-18/h3-8,11H,9-10H2,1-2H3,(H,21,24)(H,22,25). The van der Waals surface area contributed by atoms with Crippen molar-refractivity contribution in [3.63, 3.8) is 0 Å². The number of carbonyl (C=O) groups is 2. The molecule has 158 valence electrons. The highest BCUT2D eigenvalue weighted by Gasteiger charge is 2.23. The molecule has 2 aromatic heterocycles. The van der Waals surface area contributed by atoms with E-state index in [-0.39, 0.29) is 10.6 Å². The van der Waals surface area contributed by atoms with Crippen molar-refractivity contribution in [2.45, 2.75) is 16.8 Å². The highest BCUT2D eigenvalue weighted by Crippen LogP contribution is 2.27. The van der Waals surface area contributed by atoms with Gasteiger partial charge in [0.05, 0.1) is 17.2 Å². The van der Waals surface area contributed by atoms with E-state index < -0.39 is 28.4 Å². The van der Waals surface area contributed by atoms with E-state index >= 15 is 0 Å². The van der Waals surface area contributed by atoms with Gasteiger partial charge in [-0.3, -0.25) is 20.4 Å². The molecular formula is C18H19N5O4S3. The Labute approximate surface area is 181 Å². The number of hydrogen-bond acceptors (Lipinski definition) is 8. The van der Waals surface area contributed by atoms with Crippen molar-refractivity contribution in [1.29, 1.82) is 0 Å². The fourth-order valence-electron chi connectivity index (χ4n) is 2.41. The highest BCUT2D eigenvalue weighted by atomic mass is 32.2. The monoisotopic (exact) mass is 465 g/mol. The summed E-state index contributed by atoms with van der Waals surface area (Å²) in [6.45, 7) is 1.41. The molecule has 0 spiro atoms. The van der Waals surface area contributed by atoms with Gasteiger partial charge in [0.25, 0.3) is 5.91 Å². The van der Waals surface area contributed by atoms with Crippen molar-refractivity contribution in [3.05, 3.63) is 47.6 Å². The minimum Gasteiger partial charge on any atom is -0.272 e. The number of hydrogen-bond donors (Lipinski definition) is 2. The lowest BCUT2D eigenvalue weighted by atomic mass is 10.2. The summed E-state index contributed by atoms with van der Waals surface area (Å²) < 4.78 is 25.9. The van der Waals surface area contributed by atoms with Crippen molar-refractivity contribution >= 4 is 55.2 Å². The number of aryl methyl sites for hydroxylation is 1. The SMILES string of the molecule is Cc1ccc(S(=O)(=O)N(C)CC(=O)NNC(=O)CSc2ncnc3sccc23)cc1. The van der Waals surface area contributed by atoms with Crippen LogP contribution >= 0.6 is 23.1 Å². The summed E-state index contributed by atoms with van der Waals surface area (Å²) in [5.74, 6) is -1.08. The number of aromatic nitrogens is 2. The average molecular weight is 466 g/mol. The predicted octanol–water partition coefficient (Wildman–Crippen LogP) is 1.56. The Kier molecular flexibility index (Phi) is 7.02. The number of sulfonamides is 1. The first-order valence-corrected chi connectivity index (χ1v) is 12.0. The van der Waals surface area contributed by atoms with Gasteiger partial charge in [-0.15, -0.1) is 11.3 Å². The van der Waals surface area contributed by atoms with Gasteiger partial charge >= 0.3 is 0 Å². The lowest BCUT2D eigenvalue weighted by Gasteiger charge is -2.17. The quantitative estimate of drug-likeness (QED) is 0.308. The maximum absolute atomic E-state index is 12.5. The lowest BCUT2D eigenvalue weighted by Crippen LogP contribution is -2.47. The first kappa shape index (κ1) is 22.2. The number of likely N-dealkylation sites (N-methyl/N-ethyl adjacent to an activating group) is 1. The second kappa shape index (κ2) is 9.51. The second-order valence-corrected chi connectivity index (χ2v) is 10.2. The molecule has 3 rings (SSSR count). The third kappa shape index (κ3) is 5.33. The topological polar surface area (TPSA) is 121 Å². The largest absolute Gasteiger partial charge is 0.272 e. The molecule has 3 aromatic rings. The number of thioether (sulfide) groups is 1. The van der Waals surface area contributed by atoms with Crippen LogP contribution in [0.5, 0.6) is 0 Å². The molecule has 30 heavy (non-hydrogen) atoms. The molecule has 0 saturated carbocycles. The van der Waals surface area contributed by atoms with Gasteiger partial charge in [0.15, 0.2) is 0 Å². The van der Waals surface area contributed by atoms with E-state index in [0.29, 0.717) is 5.03 Å². The molecule has 0 saturated heterocycles. The number of amides is 2. The van der Waals surface area contributed by atoms with Gasteiger partial charge < -0.3 is 0 Å². The Morgan fingerprint density at radius 3 is 2.53 bits per heavy atom. The van der Waals surface area contributed by atoms with Crippen LogP contribution in [0.25, 0.3) is 10.2 Å². The van der Waals surface area contributed by atoms with Crippen LogP contribution in [0.2, 0.25) is 0 Å². The minimum absolute atomic E-state index is 0.0275. The predicted molar refractivity (Wildman–Crippen MR) is 115 cm³/mol. The highest BCUT2D eigenvalue weighted by molar-refractivity contribution is 8.00. The summed E-state index contributed by atoms with van der Waals surface area (Å²) >= 11 is 2.70. The Bertz CT molecular complexity index is 1160. The summed E-state index contributed by atoms with van der Waals surface area (Å²) in [4.78, 5) is 33.3. The van der Waals surface area contributed by atoms with Crippen molar-refractivity contribution < 1.29 is 18.0 Å². The molecule has 0 fully saturated rings. The maximum Gasteiger partial charge on any atom is 0.253 e. The number of thiophene rings is 1. The number of hydrazine groups is 1. The summed E-state index contributed by atoms with van der Waals surface area (Å²) in [6, 6.07) is 8.21. The normalized spacial score (nSPS) is 11.6. The van der Waals surface area contributed by atoms with E-state index in [2.05, 4.69) is 20.8 Å². The van der Waals surface area contributed by atoms with Crippen molar-refractivity contribution in [3.8, 4) is 0 Å². The van der Waals surface area contributed by atoms with Crippen molar-refractivity contribution in [2.75, 3.05) is 19.3 Å². The molecule has 0 atom stereocenters. The number of fused-ring (bicyclic) bond motifs is 1. The Morgan fingerprint density at radius 2 is 1.80 bits per heavy atom. The molecular weight excluding hydrogens is 446 g/mol. The second-order valence-electron chi connectivity index (χ2n) is 6.28. The van der Waals surface area contributed by atoms with Crippen LogP contribution in [0.4, 0.5) is 0 Å². The molecule has 0 bridgehead atoms. The first-order chi connectivity index (χ1) is 14.3. The molecule has 2 heterocycles. The molecule has 1 aromatic carbocycles. The summed E-state index contributed by atoms with van der Waals surface area (Å²) in [5.41, 5.74) is 5.43. The van der Waals surface area contributed by atoms with Gasteiger partial charge in [0, 0.05) is 12.4 Å². The molecule has 0 radical (unpaired) electrons. The Hall–Kier alpha value is -2.54. The first-order valence-electron chi connectivity index (χ1n) is 8.69. The molecule has 2 amide bonds. The smallest absolute Gasteiger partial charge is 0.253 e. The number of nitrogens with zero attached hydrogens (tertiary/aromatic N) is 3. The van der Waals surface area contributed by atoms with Crippen LogP contribution in [0.3, 0.4) is 0 Å². The molecule has 12 heteroatoms. The van der Waals surface area contributed by atoms with Crippen LogP contribution in [-0.2, 0) is 19.6 Å². The molecule has 9 nitrogen and oxygen atoms in total. The van der Waals surface area contributed by atoms with E-state index in [1.165, 1.54) is 48.6 Å². The molecule has 0 aliphatic heterocycles. The minimum atomic E-state index is -3.81. The lowest BCUT2D eigenvalue weighted by molar-refractivity contribution is -0.127. The van der Waals surface area contributed by atoms with Gasteiger partial charge in [-0.2, -0.15) is 4.31 Å². The zero-order valence-corrected chi connectivity index (χ0v) is 18.6. The number of nitrogens with one attached hydrogen (secondary N) is 2. The number of rotatable bonds is 7. The number of carbonyl (C=O) groups excluding carboxylic acids is 2. The third-order valence-corrected chi connectivity index (χ3v) is 7.65. The third-order valence-electron chi connectivity index (χ3n) is 4.00. The fourth-order valence-corrected chi connectivity index (χ4v) is 5.11. The maximum atomic E-state index is 12.5. The van der Waals surface area contributed by atoms with Crippen LogP contribution in [0.1, 0.15) is 5.56 Å². The zero-order valence-electron chi connectivity index (χ0n) is 16.2. The van der Waals surface area contributed by atoms with Crippen molar-refractivity contribution in [2.24, 2.45) is 0 Å². The zero-order chi connectivity index (χ0) is 21.7. The van der Waals surface area contributed by atoms with Gasteiger partial charge in [0.1, 0.15) is 16.2 Å². The van der Waals surface area contributed by atoms with E-state index in [4.69, 9.17) is 0 Å². The summed E-state index contributed by atoms with van der Waals surface area (Å²) in [7, 11) is -2.51. The van der Waals surface area contributed by atoms with Crippen LogP contribution in [-0.4, -0.2) is 53.9 Å². The van der Waals surface area contributed by atoms with Gasteiger partial charge in [-0.25, -0.2) is 18.4 Å². The summed E-state index contributed by atoms with van der Waals surface area (Å²) in [6.07, 6.45) is 1.44. The molecule has 0 unspecified atom stereocenters.